The summed E-state index contributed by atoms with van der Waals surface area (Å²) in [5, 5.41) is 0. The van der Waals surface area contributed by atoms with Crippen molar-refractivity contribution >= 4 is 11.1 Å². The summed E-state index contributed by atoms with van der Waals surface area (Å²) in [4.78, 5) is 19.2. The summed E-state index contributed by atoms with van der Waals surface area (Å²) >= 11 is 0. The molecule has 3 rings (SSSR count). The zero-order chi connectivity index (χ0) is 15.7. The number of aromatic nitrogens is 2. The summed E-state index contributed by atoms with van der Waals surface area (Å²) in [6.45, 7) is 3.96. The van der Waals surface area contributed by atoms with Crippen LogP contribution in [0.1, 0.15) is 29.6 Å². The minimum absolute atomic E-state index is 0.0724. The normalized spacial score (nSPS) is 11.2. The Morgan fingerprint density at radius 3 is 2.82 bits per heavy atom. The van der Waals surface area contributed by atoms with Crippen LogP contribution in [-0.2, 0) is 19.3 Å². The Hall–Kier alpha value is -2.43. The maximum Gasteiger partial charge on any atom is 0.251 e. The molecule has 0 unspecified atom stereocenters. The Balaban J connectivity index is 1.83. The standard InChI is InChI=1S/C17H17FN2O2/c1-3-11-8-12(17(21)19-10(11)2)4-7-16-20-14-6-5-13(18)9-15(14)22-16/h5-6,8-9H,3-4,7H2,1-2H3,(H,19,21). The SMILES string of the molecule is CCc1cc(CCc2nc3ccc(F)cc3o2)c(=O)[nH]c1C. The lowest BCUT2D eigenvalue weighted by Gasteiger charge is -2.05. The van der Waals surface area contributed by atoms with Gasteiger partial charge in [-0.15, -0.1) is 0 Å². The maximum absolute atomic E-state index is 13.1. The van der Waals surface area contributed by atoms with Crippen molar-refractivity contribution in [2.45, 2.75) is 33.1 Å². The number of nitrogens with zero attached hydrogens (tertiary/aromatic N) is 1. The van der Waals surface area contributed by atoms with Crippen LogP contribution in [0.4, 0.5) is 4.39 Å². The fourth-order valence-corrected chi connectivity index (χ4v) is 2.56. The average Bonchev–Trinajstić information content (AvgIpc) is 2.88. The molecule has 0 saturated carbocycles. The van der Waals surface area contributed by atoms with E-state index in [1.165, 1.54) is 12.1 Å². The summed E-state index contributed by atoms with van der Waals surface area (Å²) < 4.78 is 18.7. The minimum Gasteiger partial charge on any atom is -0.441 e. The number of rotatable bonds is 4. The zero-order valence-electron chi connectivity index (χ0n) is 12.6. The van der Waals surface area contributed by atoms with Crippen LogP contribution in [0.25, 0.3) is 11.1 Å². The topological polar surface area (TPSA) is 58.9 Å². The van der Waals surface area contributed by atoms with Crippen LogP contribution in [-0.4, -0.2) is 9.97 Å². The molecule has 2 aromatic heterocycles. The highest BCUT2D eigenvalue weighted by Gasteiger charge is 2.09. The van der Waals surface area contributed by atoms with Crippen molar-refractivity contribution < 1.29 is 8.81 Å². The molecule has 4 nitrogen and oxygen atoms in total. The molecule has 1 aromatic carbocycles. The molecule has 0 atom stereocenters. The van der Waals surface area contributed by atoms with Gasteiger partial charge in [-0.3, -0.25) is 4.79 Å². The van der Waals surface area contributed by atoms with Gasteiger partial charge < -0.3 is 9.40 Å². The van der Waals surface area contributed by atoms with Crippen LogP contribution in [0.3, 0.4) is 0 Å². The second-order valence-electron chi connectivity index (χ2n) is 5.35. The second-order valence-corrected chi connectivity index (χ2v) is 5.35. The molecule has 0 aliphatic carbocycles. The fraction of sp³-hybridized carbons (Fsp3) is 0.294. The largest absolute Gasteiger partial charge is 0.441 e. The predicted octanol–water partition coefficient (Wildman–Crippen LogP) is 3.31. The molecule has 0 amide bonds. The lowest BCUT2D eigenvalue weighted by Crippen LogP contribution is -2.16. The van der Waals surface area contributed by atoms with E-state index >= 15 is 0 Å². The van der Waals surface area contributed by atoms with Crippen molar-refractivity contribution in [1.29, 1.82) is 0 Å². The van der Waals surface area contributed by atoms with Crippen LogP contribution < -0.4 is 5.56 Å². The number of benzene rings is 1. The fourth-order valence-electron chi connectivity index (χ4n) is 2.56. The summed E-state index contributed by atoms with van der Waals surface area (Å²) in [5.41, 5.74) is 3.75. The van der Waals surface area contributed by atoms with Gasteiger partial charge in [0, 0.05) is 23.7 Å². The molecule has 3 aromatic rings. The molecular formula is C17H17FN2O2. The third kappa shape index (κ3) is 2.79. The molecule has 2 heterocycles. The predicted molar refractivity (Wildman–Crippen MR) is 82.6 cm³/mol. The molecule has 0 radical (unpaired) electrons. The van der Waals surface area contributed by atoms with E-state index in [-0.39, 0.29) is 11.4 Å². The van der Waals surface area contributed by atoms with Crippen molar-refractivity contribution in [3.8, 4) is 0 Å². The molecule has 1 N–H and O–H groups in total. The molecule has 0 saturated heterocycles. The van der Waals surface area contributed by atoms with Crippen LogP contribution in [0.5, 0.6) is 0 Å². The van der Waals surface area contributed by atoms with Gasteiger partial charge in [-0.1, -0.05) is 6.92 Å². The first-order valence-electron chi connectivity index (χ1n) is 7.33. The Labute approximate surface area is 127 Å². The number of halogens is 1. The Morgan fingerprint density at radius 2 is 2.05 bits per heavy atom. The number of nitrogens with one attached hydrogen (secondary N) is 1. The monoisotopic (exact) mass is 300 g/mol. The minimum atomic E-state index is -0.349. The summed E-state index contributed by atoms with van der Waals surface area (Å²) in [7, 11) is 0. The van der Waals surface area contributed by atoms with Gasteiger partial charge in [0.05, 0.1) is 0 Å². The van der Waals surface area contributed by atoms with Gasteiger partial charge in [-0.2, -0.15) is 0 Å². The molecule has 0 aliphatic rings. The highest BCUT2D eigenvalue weighted by Crippen LogP contribution is 2.18. The van der Waals surface area contributed by atoms with E-state index in [9.17, 15) is 9.18 Å². The highest BCUT2D eigenvalue weighted by molar-refractivity contribution is 5.72. The molecule has 0 bridgehead atoms. The lowest BCUT2D eigenvalue weighted by atomic mass is 10.1. The first-order valence-corrected chi connectivity index (χ1v) is 7.33. The second kappa shape index (κ2) is 5.75. The Morgan fingerprint density at radius 1 is 1.23 bits per heavy atom. The van der Waals surface area contributed by atoms with Gasteiger partial charge in [-0.05, 0) is 43.5 Å². The highest BCUT2D eigenvalue weighted by atomic mass is 19.1. The number of oxazole rings is 1. The molecule has 114 valence electrons. The third-order valence-electron chi connectivity index (χ3n) is 3.81. The molecule has 0 aliphatic heterocycles. The van der Waals surface area contributed by atoms with E-state index in [0.29, 0.717) is 29.8 Å². The van der Waals surface area contributed by atoms with Gasteiger partial charge in [0.2, 0.25) is 0 Å². The number of hydrogen-bond donors (Lipinski definition) is 1. The molecule has 0 fully saturated rings. The number of hydrogen-bond acceptors (Lipinski definition) is 3. The number of fused-ring (bicyclic) bond motifs is 1. The van der Waals surface area contributed by atoms with E-state index in [1.807, 2.05) is 13.0 Å². The van der Waals surface area contributed by atoms with Gasteiger partial charge in [0.1, 0.15) is 11.3 Å². The Bertz CT molecular complexity index is 880. The van der Waals surface area contributed by atoms with Gasteiger partial charge in [0.25, 0.3) is 5.56 Å². The Kier molecular flexibility index (Phi) is 3.79. The molecule has 0 spiro atoms. The van der Waals surface area contributed by atoms with Crippen LogP contribution >= 0.6 is 0 Å². The summed E-state index contributed by atoms with van der Waals surface area (Å²) in [6, 6.07) is 6.20. The summed E-state index contributed by atoms with van der Waals surface area (Å²) in [5.74, 6) is 0.163. The zero-order valence-corrected chi connectivity index (χ0v) is 12.6. The van der Waals surface area contributed by atoms with E-state index < -0.39 is 0 Å². The van der Waals surface area contributed by atoms with Crippen molar-refractivity contribution in [1.82, 2.24) is 9.97 Å². The number of aryl methyl sites for hydroxylation is 4. The van der Waals surface area contributed by atoms with Crippen LogP contribution in [0, 0.1) is 12.7 Å². The van der Waals surface area contributed by atoms with Crippen molar-refractivity contribution in [2.75, 3.05) is 0 Å². The first-order chi connectivity index (χ1) is 10.6. The van der Waals surface area contributed by atoms with Gasteiger partial charge in [-0.25, -0.2) is 9.37 Å². The smallest absolute Gasteiger partial charge is 0.251 e. The summed E-state index contributed by atoms with van der Waals surface area (Å²) in [6.07, 6.45) is 1.92. The molecule has 22 heavy (non-hydrogen) atoms. The van der Waals surface area contributed by atoms with Crippen molar-refractivity contribution in [3.05, 3.63) is 63.1 Å². The number of H-pyrrole nitrogens is 1. The van der Waals surface area contributed by atoms with Crippen LogP contribution in [0.15, 0.2) is 33.5 Å². The first kappa shape index (κ1) is 14.5. The number of pyridine rings is 1. The third-order valence-corrected chi connectivity index (χ3v) is 3.81. The quantitative estimate of drug-likeness (QED) is 0.804. The van der Waals surface area contributed by atoms with E-state index in [4.69, 9.17) is 4.42 Å². The van der Waals surface area contributed by atoms with E-state index in [2.05, 4.69) is 16.9 Å². The van der Waals surface area contributed by atoms with E-state index in [0.717, 1.165) is 23.2 Å². The van der Waals surface area contributed by atoms with Gasteiger partial charge >= 0.3 is 0 Å². The number of aromatic amines is 1. The van der Waals surface area contributed by atoms with Crippen molar-refractivity contribution in [3.63, 3.8) is 0 Å². The van der Waals surface area contributed by atoms with Gasteiger partial charge in [0.15, 0.2) is 11.5 Å². The van der Waals surface area contributed by atoms with E-state index in [1.54, 1.807) is 6.07 Å². The average molecular weight is 300 g/mol. The lowest BCUT2D eigenvalue weighted by molar-refractivity contribution is 0.525. The molecule has 5 heteroatoms. The van der Waals surface area contributed by atoms with Crippen molar-refractivity contribution in [2.24, 2.45) is 0 Å². The maximum atomic E-state index is 13.1. The van der Waals surface area contributed by atoms with Crippen LogP contribution in [0.2, 0.25) is 0 Å². The molecular weight excluding hydrogens is 283 g/mol.